The quantitative estimate of drug-likeness (QED) is 0.563. The van der Waals surface area contributed by atoms with Crippen molar-refractivity contribution >= 4 is 22.8 Å². The number of nitrogens with two attached hydrogens (primary N) is 1. The molecule has 0 amide bonds. The molecule has 3 heterocycles. The summed E-state index contributed by atoms with van der Waals surface area (Å²) in [6, 6.07) is 9.29. The van der Waals surface area contributed by atoms with Gasteiger partial charge in [0.1, 0.15) is 11.6 Å². The van der Waals surface area contributed by atoms with E-state index in [0.717, 1.165) is 32.2 Å². The van der Waals surface area contributed by atoms with E-state index in [1.54, 1.807) is 24.3 Å². The largest absolute Gasteiger partial charge is 0.377 e. The molecule has 0 unspecified atom stereocenters. The molecule has 1 saturated carbocycles. The van der Waals surface area contributed by atoms with Crippen molar-refractivity contribution in [3.63, 3.8) is 0 Å². The molecule has 2 fully saturated rings. The number of morpholine rings is 1. The predicted molar refractivity (Wildman–Crippen MR) is 128 cm³/mol. The number of ether oxygens (including phenoxy) is 1. The number of aromatic nitrogens is 4. The van der Waals surface area contributed by atoms with E-state index in [1.807, 2.05) is 6.07 Å². The van der Waals surface area contributed by atoms with Gasteiger partial charge in [-0.2, -0.15) is 9.97 Å². The van der Waals surface area contributed by atoms with Crippen LogP contribution in [0.1, 0.15) is 44.9 Å². The molecule has 8 nitrogen and oxygen atoms in total. The van der Waals surface area contributed by atoms with Gasteiger partial charge in [-0.05, 0) is 50.7 Å². The molecular weight excluding hydrogens is 440 g/mol. The first-order valence-electron chi connectivity index (χ1n) is 12.0. The minimum Gasteiger partial charge on any atom is -0.377 e. The molecule has 1 atom stereocenters. The van der Waals surface area contributed by atoms with Gasteiger partial charge in [0, 0.05) is 25.2 Å². The standard InChI is InChI=1S/C24H31F2N7O/c1-15-14-34-11-10-32(15)20-12-21(31-24(30-20)28-13-16-6-8-17(27)9-7-16)33-19-5-3-2-4-18(19)29-23(33)22(25)26/h2-5,12,15-17,22H,6-11,13-14,27H2,1H3,(H,28,30,31)/t15-,16?,17?/m0/s1. The summed E-state index contributed by atoms with van der Waals surface area (Å²) in [5, 5.41) is 3.38. The van der Waals surface area contributed by atoms with Crippen molar-refractivity contribution in [2.45, 2.75) is 51.1 Å². The van der Waals surface area contributed by atoms with Gasteiger partial charge in [-0.15, -0.1) is 0 Å². The van der Waals surface area contributed by atoms with E-state index in [0.29, 0.717) is 54.3 Å². The Labute approximate surface area is 197 Å². The lowest BCUT2D eigenvalue weighted by molar-refractivity contribution is 0.0985. The van der Waals surface area contributed by atoms with Crippen LogP contribution in [0.5, 0.6) is 0 Å². The summed E-state index contributed by atoms with van der Waals surface area (Å²) in [6.45, 7) is 4.63. The second kappa shape index (κ2) is 9.79. The lowest BCUT2D eigenvalue weighted by Gasteiger charge is -2.34. The van der Waals surface area contributed by atoms with Crippen LogP contribution in [0.3, 0.4) is 0 Å². The Bertz CT molecular complexity index is 1130. The molecule has 1 saturated heterocycles. The highest BCUT2D eigenvalue weighted by Gasteiger charge is 2.26. The summed E-state index contributed by atoms with van der Waals surface area (Å²) in [5.41, 5.74) is 7.14. The second-order valence-electron chi connectivity index (χ2n) is 9.28. The van der Waals surface area contributed by atoms with E-state index in [1.165, 1.54) is 4.57 Å². The van der Waals surface area contributed by atoms with Crippen LogP contribution in [0.4, 0.5) is 20.5 Å². The molecule has 2 aromatic heterocycles. The smallest absolute Gasteiger partial charge is 0.296 e. The Morgan fingerprint density at radius 3 is 2.65 bits per heavy atom. The average molecular weight is 472 g/mol. The average Bonchev–Trinajstić information content (AvgIpc) is 3.24. The van der Waals surface area contributed by atoms with Gasteiger partial charge in [-0.1, -0.05) is 12.1 Å². The minimum absolute atomic E-state index is 0.110. The first-order chi connectivity index (χ1) is 16.5. The number of nitrogens with zero attached hydrogens (tertiary/aromatic N) is 5. The maximum Gasteiger partial charge on any atom is 0.296 e. The van der Waals surface area contributed by atoms with Crippen molar-refractivity contribution in [2.24, 2.45) is 11.7 Å². The summed E-state index contributed by atoms with van der Waals surface area (Å²) in [7, 11) is 0. The zero-order valence-corrected chi connectivity index (χ0v) is 19.3. The molecule has 1 aliphatic carbocycles. The monoisotopic (exact) mass is 471 g/mol. The molecule has 2 aliphatic rings. The van der Waals surface area contributed by atoms with Crippen molar-refractivity contribution in [1.29, 1.82) is 0 Å². The number of anilines is 2. The van der Waals surface area contributed by atoms with E-state index >= 15 is 0 Å². The zero-order chi connectivity index (χ0) is 23.7. The third-order valence-corrected chi connectivity index (χ3v) is 6.81. The van der Waals surface area contributed by atoms with Gasteiger partial charge in [-0.3, -0.25) is 4.57 Å². The fourth-order valence-electron chi connectivity index (χ4n) is 4.89. The highest BCUT2D eigenvalue weighted by Crippen LogP contribution is 2.30. The van der Waals surface area contributed by atoms with Gasteiger partial charge in [0.15, 0.2) is 5.82 Å². The van der Waals surface area contributed by atoms with Crippen LogP contribution in [0.2, 0.25) is 0 Å². The van der Waals surface area contributed by atoms with Crippen LogP contribution >= 0.6 is 0 Å². The summed E-state index contributed by atoms with van der Waals surface area (Å²) in [6.07, 6.45) is 1.41. The number of rotatable bonds is 6. The molecule has 1 aliphatic heterocycles. The van der Waals surface area contributed by atoms with Crippen LogP contribution in [-0.2, 0) is 4.74 Å². The summed E-state index contributed by atoms with van der Waals surface area (Å²) < 4.78 is 35.1. The first kappa shape index (κ1) is 22.9. The normalized spacial score (nSPS) is 23.6. The molecule has 182 valence electrons. The Morgan fingerprint density at radius 1 is 1.12 bits per heavy atom. The number of hydrogen-bond acceptors (Lipinski definition) is 7. The molecule has 34 heavy (non-hydrogen) atoms. The molecule has 3 N–H and O–H groups in total. The van der Waals surface area contributed by atoms with Crippen LogP contribution in [0.15, 0.2) is 30.3 Å². The highest BCUT2D eigenvalue weighted by atomic mass is 19.3. The first-order valence-corrected chi connectivity index (χ1v) is 12.0. The fraction of sp³-hybridized carbons (Fsp3) is 0.542. The number of fused-ring (bicyclic) bond motifs is 1. The topological polar surface area (TPSA) is 94.1 Å². The van der Waals surface area contributed by atoms with Crippen molar-refractivity contribution in [3.8, 4) is 5.82 Å². The number of nitrogens with one attached hydrogen (secondary N) is 1. The van der Waals surface area contributed by atoms with Crippen LogP contribution in [0, 0.1) is 5.92 Å². The fourth-order valence-corrected chi connectivity index (χ4v) is 4.89. The molecular formula is C24H31F2N7O. The second-order valence-corrected chi connectivity index (χ2v) is 9.28. The zero-order valence-electron chi connectivity index (χ0n) is 19.3. The molecule has 1 aromatic carbocycles. The summed E-state index contributed by atoms with van der Waals surface area (Å²) >= 11 is 0. The van der Waals surface area contributed by atoms with Crippen LogP contribution in [0.25, 0.3) is 16.9 Å². The Balaban J connectivity index is 1.54. The van der Waals surface area contributed by atoms with Gasteiger partial charge >= 0.3 is 0 Å². The van der Waals surface area contributed by atoms with Gasteiger partial charge < -0.3 is 20.7 Å². The molecule has 0 spiro atoms. The Hall–Kier alpha value is -2.85. The lowest BCUT2D eigenvalue weighted by Crippen LogP contribution is -2.44. The van der Waals surface area contributed by atoms with Crippen molar-refractivity contribution in [3.05, 3.63) is 36.2 Å². The van der Waals surface area contributed by atoms with E-state index in [-0.39, 0.29) is 17.9 Å². The number of halogens is 2. The summed E-state index contributed by atoms with van der Waals surface area (Å²) in [4.78, 5) is 15.8. The SMILES string of the molecule is C[C@H]1COCCN1c1cc(-n2c(C(F)F)nc3ccccc32)nc(NCC2CCC(N)CC2)n1. The molecule has 3 aromatic rings. The van der Waals surface area contributed by atoms with Crippen molar-refractivity contribution in [2.75, 3.05) is 36.5 Å². The third-order valence-electron chi connectivity index (χ3n) is 6.81. The maximum absolute atomic E-state index is 14.0. The molecule has 5 rings (SSSR count). The lowest BCUT2D eigenvalue weighted by atomic mass is 9.86. The number of benzene rings is 1. The minimum atomic E-state index is -2.74. The van der Waals surface area contributed by atoms with E-state index in [4.69, 9.17) is 15.5 Å². The van der Waals surface area contributed by atoms with Gasteiger partial charge in [-0.25, -0.2) is 13.8 Å². The number of para-hydroxylation sites is 2. The van der Waals surface area contributed by atoms with Gasteiger partial charge in [0.05, 0.1) is 30.3 Å². The van der Waals surface area contributed by atoms with Crippen molar-refractivity contribution < 1.29 is 13.5 Å². The van der Waals surface area contributed by atoms with Gasteiger partial charge in [0.2, 0.25) is 5.95 Å². The van der Waals surface area contributed by atoms with Crippen LogP contribution in [-0.4, -0.2) is 57.9 Å². The summed E-state index contributed by atoms with van der Waals surface area (Å²) in [5.74, 6) is 1.66. The predicted octanol–water partition coefficient (Wildman–Crippen LogP) is 3.91. The number of alkyl halides is 2. The number of hydrogen-bond donors (Lipinski definition) is 2. The van der Waals surface area contributed by atoms with Crippen molar-refractivity contribution in [1.82, 2.24) is 19.5 Å². The van der Waals surface area contributed by atoms with E-state index < -0.39 is 6.43 Å². The van der Waals surface area contributed by atoms with E-state index in [2.05, 4.69) is 27.1 Å². The van der Waals surface area contributed by atoms with Gasteiger partial charge in [0.25, 0.3) is 6.43 Å². The highest BCUT2D eigenvalue weighted by molar-refractivity contribution is 5.78. The molecule has 10 heteroatoms. The third kappa shape index (κ3) is 4.69. The Kier molecular flexibility index (Phi) is 6.60. The number of imidazole rings is 1. The van der Waals surface area contributed by atoms with E-state index in [9.17, 15) is 8.78 Å². The maximum atomic E-state index is 14.0. The molecule has 0 bridgehead atoms. The molecule has 0 radical (unpaired) electrons. The Morgan fingerprint density at radius 2 is 1.88 bits per heavy atom. The van der Waals surface area contributed by atoms with Crippen LogP contribution < -0.4 is 16.0 Å².